The summed E-state index contributed by atoms with van der Waals surface area (Å²) in [4.78, 5) is 12.1. The highest BCUT2D eigenvalue weighted by Crippen LogP contribution is 2.52. The fraction of sp³-hybridized carbons (Fsp3) is 0.235. The molecule has 1 atom stereocenters. The van der Waals surface area contributed by atoms with Crippen molar-refractivity contribution >= 4 is 27.3 Å². The minimum absolute atomic E-state index is 0.156. The quantitative estimate of drug-likeness (QED) is 0.446. The van der Waals surface area contributed by atoms with Crippen LogP contribution >= 0.6 is 15.9 Å². The molecule has 0 aromatic heterocycles. The molecule has 0 fully saturated rings. The summed E-state index contributed by atoms with van der Waals surface area (Å²) in [6, 6.07) is 6.04. The van der Waals surface area contributed by atoms with Crippen molar-refractivity contribution in [1.29, 1.82) is 0 Å². The maximum absolute atomic E-state index is 12.1. The van der Waals surface area contributed by atoms with Gasteiger partial charge in [0.15, 0.2) is 5.78 Å². The molecular formula is C17H13BrO2. The summed E-state index contributed by atoms with van der Waals surface area (Å²) < 4.78 is 0.963. The van der Waals surface area contributed by atoms with Gasteiger partial charge < -0.3 is 5.11 Å². The molecule has 100 valence electrons. The van der Waals surface area contributed by atoms with Crippen molar-refractivity contribution in [2.75, 3.05) is 0 Å². The molecule has 2 aliphatic rings. The molecule has 2 nitrogen and oxygen atoms in total. The average Bonchev–Trinajstić information content (AvgIpc) is 2.47. The fourth-order valence-electron chi connectivity index (χ4n) is 3.14. The lowest BCUT2D eigenvalue weighted by Gasteiger charge is -2.39. The second-order valence-corrected chi connectivity index (χ2v) is 6.11. The van der Waals surface area contributed by atoms with Crippen LogP contribution in [0.5, 0.6) is 0 Å². The third kappa shape index (κ3) is 1.76. The van der Waals surface area contributed by atoms with Crippen LogP contribution in [0.1, 0.15) is 24.0 Å². The number of aryl methyl sites for hydroxylation is 1. The summed E-state index contributed by atoms with van der Waals surface area (Å²) >= 11 is 3.56. The van der Waals surface area contributed by atoms with E-state index in [2.05, 4.69) is 27.9 Å². The first kappa shape index (κ1) is 13.2. The Labute approximate surface area is 126 Å². The first-order valence-electron chi connectivity index (χ1n) is 6.46. The van der Waals surface area contributed by atoms with Crippen molar-refractivity contribution in [3.8, 4) is 12.3 Å². The highest BCUT2D eigenvalue weighted by Gasteiger charge is 2.43. The van der Waals surface area contributed by atoms with Crippen LogP contribution in [0.2, 0.25) is 0 Å². The number of terminal acetylenes is 1. The first-order chi connectivity index (χ1) is 9.61. The molecule has 0 saturated carbocycles. The Hall–Kier alpha value is -1.79. The molecule has 0 aliphatic heterocycles. The van der Waals surface area contributed by atoms with Crippen molar-refractivity contribution in [1.82, 2.24) is 0 Å². The Bertz CT molecular complexity index is 706. The van der Waals surface area contributed by atoms with Gasteiger partial charge in [-0.1, -0.05) is 34.0 Å². The van der Waals surface area contributed by atoms with Crippen LogP contribution in [0.3, 0.4) is 0 Å². The van der Waals surface area contributed by atoms with Crippen molar-refractivity contribution in [2.24, 2.45) is 5.41 Å². The lowest BCUT2D eigenvalue weighted by Crippen LogP contribution is -2.32. The van der Waals surface area contributed by atoms with Crippen LogP contribution in [-0.4, -0.2) is 10.9 Å². The van der Waals surface area contributed by atoms with E-state index in [-0.39, 0.29) is 5.78 Å². The van der Waals surface area contributed by atoms with E-state index in [1.54, 1.807) is 6.08 Å². The van der Waals surface area contributed by atoms with E-state index < -0.39 is 5.41 Å². The number of benzene rings is 1. The van der Waals surface area contributed by atoms with Crippen LogP contribution in [-0.2, 0) is 11.2 Å². The normalized spacial score (nSPS) is 26.5. The molecule has 3 rings (SSSR count). The van der Waals surface area contributed by atoms with Crippen LogP contribution < -0.4 is 0 Å². The van der Waals surface area contributed by atoms with Gasteiger partial charge >= 0.3 is 0 Å². The molecule has 1 N–H and O–H groups in total. The standard InChI is InChI=1S/C17H13BrO2/c1-2-17-7-6-11-4-3-5-14(18)16(11)13(17)8-15(20)12(9-17)10-19/h1,3-5,8,10,19H,6-7,9H2/b12-10+. The molecule has 2 aliphatic carbocycles. The van der Waals surface area contributed by atoms with Crippen LogP contribution in [0.15, 0.2) is 40.6 Å². The molecule has 3 heteroatoms. The van der Waals surface area contributed by atoms with Gasteiger partial charge in [-0.25, -0.2) is 0 Å². The van der Waals surface area contributed by atoms with E-state index in [1.807, 2.05) is 12.1 Å². The molecule has 0 spiro atoms. The number of ketones is 1. The fourth-order valence-corrected chi connectivity index (χ4v) is 3.76. The van der Waals surface area contributed by atoms with Gasteiger partial charge in [-0.15, -0.1) is 6.42 Å². The van der Waals surface area contributed by atoms with E-state index in [0.29, 0.717) is 12.0 Å². The second-order valence-electron chi connectivity index (χ2n) is 5.25. The summed E-state index contributed by atoms with van der Waals surface area (Å²) in [5.41, 5.74) is 3.06. The van der Waals surface area contributed by atoms with Gasteiger partial charge in [0, 0.05) is 10.0 Å². The molecule has 0 bridgehead atoms. The summed E-state index contributed by atoms with van der Waals surface area (Å²) in [6.07, 6.45) is 10.4. The maximum Gasteiger partial charge on any atom is 0.185 e. The topological polar surface area (TPSA) is 37.3 Å². The van der Waals surface area contributed by atoms with E-state index >= 15 is 0 Å². The van der Waals surface area contributed by atoms with Gasteiger partial charge in [0.1, 0.15) is 0 Å². The summed E-state index contributed by atoms with van der Waals surface area (Å²) in [5.74, 6) is 2.72. The third-order valence-corrected chi connectivity index (χ3v) is 4.88. The molecule has 1 aromatic carbocycles. The predicted octanol–water partition coefficient (Wildman–Crippen LogP) is 3.81. The largest absolute Gasteiger partial charge is 0.515 e. The molecule has 0 amide bonds. The van der Waals surface area contributed by atoms with Gasteiger partial charge in [-0.05, 0) is 48.1 Å². The van der Waals surface area contributed by atoms with Gasteiger partial charge in [-0.2, -0.15) is 0 Å². The van der Waals surface area contributed by atoms with Crippen LogP contribution in [0, 0.1) is 17.8 Å². The molecule has 0 heterocycles. The number of aliphatic hydroxyl groups excluding tert-OH is 1. The lowest BCUT2D eigenvalue weighted by molar-refractivity contribution is -0.112. The third-order valence-electron chi connectivity index (χ3n) is 4.22. The lowest BCUT2D eigenvalue weighted by atomic mass is 9.62. The Morgan fingerprint density at radius 3 is 2.95 bits per heavy atom. The zero-order valence-corrected chi connectivity index (χ0v) is 12.4. The Morgan fingerprint density at radius 2 is 2.25 bits per heavy atom. The van der Waals surface area contributed by atoms with Crippen molar-refractivity contribution < 1.29 is 9.90 Å². The first-order valence-corrected chi connectivity index (χ1v) is 7.26. The number of carbonyl (C=O) groups is 1. The van der Waals surface area contributed by atoms with E-state index in [9.17, 15) is 9.90 Å². The highest BCUT2D eigenvalue weighted by molar-refractivity contribution is 9.10. The average molecular weight is 329 g/mol. The Balaban J connectivity index is 2.28. The maximum atomic E-state index is 12.1. The number of aliphatic hydroxyl groups is 1. The minimum Gasteiger partial charge on any atom is -0.515 e. The summed E-state index contributed by atoms with van der Waals surface area (Å²) in [7, 11) is 0. The van der Waals surface area contributed by atoms with Crippen LogP contribution in [0.4, 0.5) is 0 Å². The number of rotatable bonds is 0. The van der Waals surface area contributed by atoms with Crippen molar-refractivity contribution in [3.63, 3.8) is 0 Å². The minimum atomic E-state index is -0.487. The number of allylic oxidation sites excluding steroid dienone is 3. The summed E-state index contributed by atoms with van der Waals surface area (Å²) in [6.45, 7) is 0. The van der Waals surface area contributed by atoms with E-state index in [4.69, 9.17) is 6.42 Å². The number of hydrogen-bond donors (Lipinski definition) is 1. The zero-order valence-electron chi connectivity index (χ0n) is 10.8. The molecule has 0 radical (unpaired) electrons. The van der Waals surface area contributed by atoms with Gasteiger partial charge in [0.2, 0.25) is 0 Å². The Kier molecular flexibility index (Phi) is 3.07. The SMILES string of the molecule is C#CC12CCc3cccc(Br)c3C1=CC(=O)/C(=C/O)C2. The molecule has 1 aromatic rings. The second kappa shape index (κ2) is 4.64. The molecule has 0 saturated heterocycles. The number of halogens is 1. The molecule has 20 heavy (non-hydrogen) atoms. The number of fused-ring (bicyclic) bond motifs is 3. The van der Waals surface area contributed by atoms with Gasteiger partial charge in [0.05, 0.1) is 11.7 Å². The predicted molar refractivity (Wildman–Crippen MR) is 82.0 cm³/mol. The Morgan fingerprint density at radius 1 is 1.45 bits per heavy atom. The summed E-state index contributed by atoms with van der Waals surface area (Å²) in [5, 5.41) is 9.22. The molecular weight excluding hydrogens is 316 g/mol. The van der Waals surface area contributed by atoms with Gasteiger partial charge in [0.25, 0.3) is 0 Å². The highest BCUT2D eigenvalue weighted by atomic mass is 79.9. The van der Waals surface area contributed by atoms with Gasteiger partial charge in [-0.3, -0.25) is 4.79 Å². The monoisotopic (exact) mass is 328 g/mol. The smallest absolute Gasteiger partial charge is 0.185 e. The van der Waals surface area contributed by atoms with Crippen molar-refractivity contribution in [2.45, 2.75) is 19.3 Å². The van der Waals surface area contributed by atoms with E-state index in [1.165, 1.54) is 5.56 Å². The van der Waals surface area contributed by atoms with E-state index in [0.717, 1.165) is 34.7 Å². The molecule has 1 unspecified atom stereocenters. The van der Waals surface area contributed by atoms with Crippen molar-refractivity contribution in [3.05, 3.63) is 51.7 Å². The van der Waals surface area contributed by atoms with Crippen LogP contribution in [0.25, 0.3) is 5.57 Å². The zero-order chi connectivity index (χ0) is 14.3. The number of carbonyl (C=O) groups excluding carboxylic acids is 1. The number of hydrogen-bond acceptors (Lipinski definition) is 2.